The second-order valence-corrected chi connectivity index (χ2v) is 9.38. The van der Waals surface area contributed by atoms with Crippen LogP contribution in [-0.2, 0) is 30.6 Å². The number of aromatic nitrogens is 7. The van der Waals surface area contributed by atoms with Crippen molar-refractivity contribution in [1.82, 2.24) is 35.2 Å². The lowest BCUT2D eigenvalue weighted by molar-refractivity contribution is -0.137. The van der Waals surface area contributed by atoms with Gasteiger partial charge in [0.15, 0.2) is 5.82 Å². The van der Waals surface area contributed by atoms with Crippen molar-refractivity contribution in [2.45, 2.75) is 58.9 Å². The molecule has 0 amide bonds. The molecule has 0 saturated carbocycles. The van der Waals surface area contributed by atoms with Gasteiger partial charge in [-0.2, -0.15) is 0 Å². The molecule has 0 unspecified atom stereocenters. The number of H-pyrrole nitrogens is 1. The summed E-state index contributed by atoms with van der Waals surface area (Å²) in [5, 5.41) is 24.7. The summed E-state index contributed by atoms with van der Waals surface area (Å²) < 4.78 is 2.24. The molecule has 2 N–H and O–H groups in total. The number of rotatable bonds is 11. The lowest BCUT2D eigenvalue weighted by Crippen LogP contribution is -2.11. The van der Waals surface area contributed by atoms with Crippen LogP contribution in [0.5, 0.6) is 0 Å². The highest BCUT2D eigenvalue weighted by Crippen LogP contribution is 2.30. The van der Waals surface area contributed by atoms with Crippen molar-refractivity contribution in [3.63, 3.8) is 0 Å². The van der Waals surface area contributed by atoms with E-state index >= 15 is 0 Å². The minimum Gasteiger partial charge on any atom is -0.481 e. The monoisotopic (exact) mass is 509 g/mol. The number of carboxylic acid groups (broad SMARTS) is 1. The summed E-state index contributed by atoms with van der Waals surface area (Å²) in [6.45, 7) is 4.90. The summed E-state index contributed by atoms with van der Waals surface area (Å²) in [6, 6.07) is 18.3. The van der Waals surface area contributed by atoms with Crippen LogP contribution in [0.25, 0.3) is 33.5 Å². The molecule has 5 rings (SSSR count). The average molecular weight is 510 g/mol. The first-order valence-corrected chi connectivity index (χ1v) is 13.1. The van der Waals surface area contributed by atoms with E-state index in [4.69, 9.17) is 9.97 Å². The Morgan fingerprint density at radius 2 is 1.84 bits per heavy atom. The van der Waals surface area contributed by atoms with Gasteiger partial charge < -0.3 is 9.67 Å². The summed E-state index contributed by atoms with van der Waals surface area (Å²) in [5.41, 5.74) is 6.76. The molecule has 194 valence electrons. The van der Waals surface area contributed by atoms with Crippen LogP contribution in [0, 0.1) is 0 Å². The summed E-state index contributed by atoms with van der Waals surface area (Å²) >= 11 is 0. The molecular weight excluding hydrogens is 478 g/mol. The zero-order chi connectivity index (χ0) is 26.5. The standard InChI is InChI=1S/C29H31N7O2/c1-3-5-10-27-31-23(4-2)26(15-16-28(37)38)36(27)18-19-11-13-24-20(17-19)12-14-25(30-24)21-8-6-7-9-22(21)29-32-34-35-33-29/h6-9,11-14,17H,3-5,10,15-16,18H2,1-2H3,(H,37,38)(H,32,33,34,35). The highest BCUT2D eigenvalue weighted by molar-refractivity contribution is 5.85. The van der Waals surface area contributed by atoms with Gasteiger partial charge in [0.2, 0.25) is 0 Å². The van der Waals surface area contributed by atoms with Gasteiger partial charge in [0.25, 0.3) is 0 Å². The van der Waals surface area contributed by atoms with Gasteiger partial charge >= 0.3 is 5.97 Å². The molecule has 0 radical (unpaired) electrons. The maximum atomic E-state index is 11.3. The summed E-state index contributed by atoms with van der Waals surface area (Å²) in [5.74, 6) is 0.849. The van der Waals surface area contributed by atoms with E-state index < -0.39 is 5.97 Å². The van der Waals surface area contributed by atoms with Gasteiger partial charge in [-0.05, 0) is 53.5 Å². The predicted octanol–water partition coefficient (Wildman–Crippen LogP) is 5.25. The van der Waals surface area contributed by atoms with Gasteiger partial charge in [0.1, 0.15) is 5.82 Å². The van der Waals surface area contributed by atoms with Crippen LogP contribution < -0.4 is 0 Å². The van der Waals surface area contributed by atoms with Crippen LogP contribution in [0.2, 0.25) is 0 Å². The van der Waals surface area contributed by atoms with E-state index in [0.29, 0.717) is 18.8 Å². The Bertz CT molecular complexity index is 1560. The molecule has 9 heteroatoms. The van der Waals surface area contributed by atoms with Gasteiger partial charge in [-0.25, -0.2) is 15.1 Å². The van der Waals surface area contributed by atoms with E-state index in [2.05, 4.69) is 57.2 Å². The van der Waals surface area contributed by atoms with Crippen molar-refractivity contribution in [3.05, 3.63) is 77.4 Å². The Balaban J connectivity index is 1.48. The quantitative estimate of drug-likeness (QED) is 0.249. The third-order valence-corrected chi connectivity index (χ3v) is 6.80. The average Bonchev–Trinajstić information content (AvgIpc) is 3.59. The Kier molecular flexibility index (Phi) is 7.53. The smallest absolute Gasteiger partial charge is 0.303 e. The fourth-order valence-electron chi connectivity index (χ4n) is 4.88. The van der Waals surface area contributed by atoms with E-state index in [-0.39, 0.29) is 6.42 Å². The van der Waals surface area contributed by atoms with E-state index in [1.165, 1.54) is 0 Å². The number of carboxylic acids is 1. The van der Waals surface area contributed by atoms with Crippen molar-refractivity contribution in [1.29, 1.82) is 0 Å². The first-order chi connectivity index (χ1) is 18.6. The first-order valence-electron chi connectivity index (χ1n) is 13.1. The van der Waals surface area contributed by atoms with Crippen LogP contribution in [0.15, 0.2) is 54.6 Å². The molecule has 9 nitrogen and oxygen atoms in total. The molecule has 2 aromatic carbocycles. The van der Waals surface area contributed by atoms with Crippen LogP contribution in [0.1, 0.15) is 55.9 Å². The fraction of sp³-hybridized carbons (Fsp3) is 0.310. The maximum absolute atomic E-state index is 11.3. The molecule has 0 aliphatic heterocycles. The molecule has 3 heterocycles. The molecule has 0 bridgehead atoms. The number of fused-ring (bicyclic) bond motifs is 1. The van der Waals surface area contributed by atoms with Crippen molar-refractivity contribution < 1.29 is 9.90 Å². The summed E-state index contributed by atoms with van der Waals surface area (Å²) in [6.07, 6.45) is 4.39. The van der Waals surface area contributed by atoms with Gasteiger partial charge in [0, 0.05) is 35.2 Å². The van der Waals surface area contributed by atoms with Gasteiger partial charge in [-0.1, -0.05) is 56.7 Å². The second-order valence-electron chi connectivity index (χ2n) is 9.38. The van der Waals surface area contributed by atoms with Crippen LogP contribution in [0.4, 0.5) is 0 Å². The third kappa shape index (κ3) is 5.32. The zero-order valence-corrected chi connectivity index (χ0v) is 21.7. The van der Waals surface area contributed by atoms with Crippen LogP contribution in [0.3, 0.4) is 0 Å². The lowest BCUT2D eigenvalue weighted by Gasteiger charge is -2.14. The third-order valence-electron chi connectivity index (χ3n) is 6.80. The van der Waals surface area contributed by atoms with Gasteiger partial charge in [-0.3, -0.25) is 4.79 Å². The number of tetrazole rings is 1. The fourth-order valence-corrected chi connectivity index (χ4v) is 4.88. The van der Waals surface area contributed by atoms with Crippen LogP contribution >= 0.6 is 0 Å². The molecule has 0 atom stereocenters. The molecule has 0 fully saturated rings. The molecule has 0 aliphatic rings. The number of aliphatic carboxylic acids is 1. The van der Waals surface area contributed by atoms with Crippen molar-refractivity contribution >= 4 is 16.9 Å². The Labute approximate surface area is 221 Å². The number of imidazole rings is 1. The molecule has 5 aromatic rings. The number of carbonyl (C=O) groups is 1. The van der Waals surface area contributed by atoms with E-state index in [0.717, 1.165) is 76.2 Å². The summed E-state index contributed by atoms with van der Waals surface area (Å²) in [4.78, 5) is 21.2. The first kappa shape index (κ1) is 25.3. The van der Waals surface area contributed by atoms with Gasteiger partial charge in [0.05, 0.1) is 23.3 Å². The number of hydrogen-bond donors (Lipinski definition) is 2. The van der Waals surface area contributed by atoms with Crippen molar-refractivity contribution in [2.24, 2.45) is 0 Å². The highest BCUT2D eigenvalue weighted by Gasteiger charge is 2.18. The molecule has 0 aliphatic carbocycles. The second kappa shape index (κ2) is 11.3. The van der Waals surface area contributed by atoms with Crippen LogP contribution in [-0.4, -0.2) is 46.2 Å². The topological polar surface area (TPSA) is 122 Å². The Morgan fingerprint density at radius 3 is 2.58 bits per heavy atom. The molecular formula is C29H31N7O2. The molecule has 38 heavy (non-hydrogen) atoms. The Morgan fingerprint density at radius 1 is 1.00 bits per heavy atom. The van der Waals surface area contributed by atoms with Crippen molar-refractivity contribution in [3.8, 4) is 22.6 Å². The molecule has 3 aromatic heterocycles. The highest BCUT2D eigenvalue weighted by atomic mass is 16.4. The number of aromatic amines is 1. The van der Waals surface area contributed by atoms with E-state index in [1.54, 1.807) is 0 Å². The SMILES string of the molecule is CCCCc1nc(CC)c(CCC(=O)O)n1Cc1ccc2nc(-c3ccccc3-c3nnn[nH]3)ccc2c1. The Hall–Kier alpha value is -4.40. The van der Waals surface area contributed by atoms with Gasteiger partial charge in [-0.15, -0.1) is 5.10 Å². The number of hydrogen-bond acceptors (Lipinski definition) is 6. The summed E-state index contributed by atoms with van der Waals surface area (Å²) in [7, 11) is 0. The predicted molar refractivity (Wildman–Crippen MR) is 146 cm³/mol. The van der Waals surface area contributed by atoms with E-state index in [9.17, 15) is 9.90 Å². The number of benzene rings is 2. The number of nitrogens with zero attached hydrogens (tertiary/aromatic N) is 6. The minimum atomic E-state index is -0.788. The lowest BCUT2D eigenvalue weighted by atomic mass is 10.0. The number of unbranched alkanes of at least 4 members (excludes halogenated alkanes) is 1. The number of aryl methyl sites for hydroxylation is 2. The zero-order valence-electron chi connectivity index (χ0n) is 21.7. The number of nitrogens with one attached hydrogen (secondary N) is 1. The normalized spacial score (nSPS) is 11.3. The largest absolute Gasteiger partial charge is 0.481 e. The van der Waals surface area contributed by atoms with Crippen molar-refractivity contribution in [2.75, 3.05) is 0 Å². The number of pyridine rings is 1. The van der Waals surface area contributed by atoms with E-state index in [1.807, 2.05) is 36.4 Å². The molecule has 0 saturated heterocycles. The molecule has 0 spiro atoms. The minimum absolute atomic E-state index is 0.0991. The maximum Gasteiger partial charge on any atom is 0.303 e.